The normalized spacial score (nSPS) is 11.5. The van der Waals surface area contributed by atoms with Crippen LogP contribution in [0.25, 0.3) is 0 Å². The SMILES string of the molecule is CCN(CC)C(=O)C(C#N)CCCOc1ccc(F)cc1. The fourth-order valence-corrected chi connectivity index (χ4v) is 2.01. The molecule has 21 heavy (non-hydrogen) atoms. The summed E-state index contributed by atoms with van der Waals surface area (Å²) in [6.07, 6.45) is 1.07. The first-order chi connectivity index (χ1) is 10.1. The second-order valence-electron chi connectivity index (χ2n) is 4.64. The van der Waals surface area contributed by atoms with Crippen molar-refractivity contribution < 1.29 is 13.9 Å². The monoisotopic (exact) mass is 292 g/mol. The van der Waals surface area contributed by atoms with Gasteiger partial charge in [-0.05, 0) is 51.0 Å². The van der Waals surface area contributed by atoms with E-state index in [-0.39, 0.29) is 11.7 Å². The van der Waals surface area contributed by atoms with Gasteiger partial charge in [-0.25, -0.2) is 4.39 Å². The first-order valence-corrected chi connectivity index (χ1v) is 7.19. The molecule has 1 unspecified atom stereocenters. The molecule has 0 spiro atoms. The van der Waals surface area contributed by atoms with Crippen molar-refractivity contribution in [2.24, 2.45) is 5.92 Å². The van der Waals surface area contributed by atoms with E-state index < -0.39 is 5.92 Å². The predicted octanol–water partition coefficient (Wildman–Crippen LogP) is 2.99. The summed E-state index contributed by atoms with van der Waals surface area (Å²) in [7, 11) is 0. The lowest BCUT2D eigenvalue weighted by Gasteiger charge is -2.21. The number of hydrogen-bond donors (Lipinski definition) is 0. The molecule has 1 rings (SSSR count). The lowest BCUT2D eigenvalue weighted by Crippen LogP contribution is -2.35. The zero-order valence-electron chi connectivity index (χ0n) is 12.5. The molecular formula is C16H21FN2O2. The number of nitriles is 1. The number of benzene rings is 1. The van der Waals surface area contributed by atoms with E-state index in [0.717, 1.165) is 0 Å². The maximum absolute atomic E-state index is 12.7. The van der Waals surface area contributed by atoms with Crippen molar-refractivity contribution in [1.29, 1.82) is 5.26 Å². The van der Waals surface area contributed by atoms with E-state index in [2.05, 4.69) is 6.07 Å². The Balaban J connectivity index is 2.37. The fourth-order valence-electron chi connectivity index (χ4n) is 2.01. The number of carbonyl (C=O) groups is 1. The van der Waals surface area contributed by atoms with Crippen molar-refractivity contribution in [2.45, 2.75) is 26.7 Å². The van der Waals surface area contributed by atoms with Gasteiger partial charge in [0, 0.05) is 13.1 Å². The lowest BCUT2D eigenvalue weighted by molar-refractivity contribution is -0.133. The molecule has 1 amide bonds. The van der Waals surface area contributed by atoms with Crippen molar-refractivity contribution in [1.82, 2.24) is 4.90 Å². The van der Waals surface area contributed by atoms with Crippen LogP contribution in [-0.4, -0.2) is 30.5 Å². The van der Waals surface area contributed by atoms with Gasteiger partial charge in [-0.3, -0.25) is 4.79 Å². The highest BCUT2D eigenvalue weighted by molar-refractivity contribution is 5.81. The first kappa shape index (κ1) is 17.0. The smallest absolute Gasteiger partial charge is 0.239 e. The van der Waals surface area contributed by atoms with Gasteiger partial charge >= 0.3 is 0 Å². The number of halogens is 1. The molecule has 1 atom stereocenters. The van der Waals surface area contributed by atoms with Crippen molar-refractivity contribution in [3.05, 3.63) is 30.1 Å². The van der Waals surface area contributed by atoms with Gasteiger partial charge in [0.05, 0.1) is 12.7 Å². The van der Waals surface area contributed by atoms with Crippen LogP contribution in [-0.2, 0) is 4.79 Å². The molecule has 0 saturated heterocycles. The molecule has 0 N–H and O–H groups in total. The Morgan fingerprint density at radius 1 is 1.33 bits per heavy atom. The molecule has 1 aromatic carbocycles. The number of ether oxygens (including phenoxy) is 1. The van der Waals surface area contributed by atoms with Crippen LogP contribution in [0.2, 0.25) is 0 Å². The summed E-state index contributed by atoms with van der Waals surface area (Å²) < 4.78 is 18.2. The maximum atomic E-state index is 12.7. The molecule has 5 heteroatoms. The summed E-state index contributed by atoms with van der Waals surface area (Å²) in [6.45, 7) is 5.41. The second kappa shape index (κ2) is 8.96. The van der Waals surface area contributed by atoms with Crippen LogP contribution < -0.4 is 4.74 Å². The molecule has 1 aromatic rings. The Kier molecular flexibility index (Phi) is 7.24. The average Bonchev–Trinajstić information content (AvgIpc) is 2.50. The summed E-state index contributed by atoms with van der Waals surface area (Å²) in [4.78, 5) is 13.7. The number of hydrogen-bond acceptors (Lipinski definition) is 3. The Morgan fingerprint density at radius 3 is 2.48 bits per heavy atom. The number of carbonyl (C=O) groups excluding carboxylic acids is 1. The summed E-state index contributed by atoms with van der Waals surface area (Å²) in [5.41, 5.74) is 0. The van der Waals surface area contributed by atoms with Crippen LogP contribution in [0.3, 0.4) is 0 Å². The third-order valence-electron chi connectivity index (χ3n) is 3.25. The summed E-state index contributed by atoms with van der Waals surface area (Å²) in [5, 5.41) is 9.10. The van der Waals surface area contributed by atoms with Crippen LogP contribution in [0.1, 0.15) is 26.7 Å². The van der Waals surface area contributed by atoms with E-state index in [4.69, 9.17) is 10.00 Å². The molecule has 0 aliphatic heterocycles. The van der Waals surface area contributed by atoms with Crippen LogP contribution in [0.4, 0.5) is 4.39 Å². The minimum atomic E-state index is -0.623. The molecule has 0 radical (unpaired) electrons. The van der Waals surface area contributed by atoms with Crippen LogP contribution in [0.15, 0.2) is 24.3 Å². The van der Waals surface area contributed by atoms with Crippen molar-refractivity contribution >= 4 is 5.91 Å². The lowest BCUT2D eigenvalue weighted by atomic mass is 10.0. The largest absolute Gasteiger partial charge is 0.494 e. The fraction of sp³-hybridized carbons (Fsp3) is 0.500. The second-order valence-corrected chi connectivity index (χ2v) is 4.64. The summed E-state index contributed by atoms with van der Waals surface area (Å²) in [5.74, 6) is -0.470. The maximum Gasteiger partial charge on any atom is 0.239 e. The minimum absolute atomic E-state index is 0.121. The van der Waals surface area contributed by atoms with E-state index >= 15 is 0 Å². The van der Waals surface area contributed by atoms with Gasteiger partial charge in [0.15, 0.2) is 0 Å². The predicted molar refractivity (Wildman–Crippen MR) is 78.2 cm³/mol. The zero-order chi connectivity index (χ0) is 15.7. The molecule has 4 nitrogen and oxygen atoms in total. The number of nitrogens with zero attached hydrogens (tertiary/aromatic N) is 2. The van der Waals surface area contributed by atoms with E-state index in [1.807, 2.05) is 13.8 Å². The molecule has 0 saturated carbocycles. The van der Waals surface area contributed by atoms with Crippen LogP contribution in [0.5, 0.6) is 5.75 Å². The van der Waals surface area contributed by atoms with E-state index in [9.17, 15) is 9.18 Å². The molecule has 0 bridgehead atoms. The van der Waals surface area contributed by atoms with Gasteiger partial charge in [0.25, 0.3) is 0 Å². The Bertz CT molecular complexity index is 478. The Labute approximate surface area is 125 Å². The standard InChI is InChI=1S/C16H21FN2O2/c1-3-19(4-2)16(20)13(12-18)6-5-11-21-15-9-7-14(17)8-10-15/h7-10,13H,3-6,11H2,1-2H3. The van der Waals surface area contributed by atoms with Gasteiger partial charge in [-0.2, -0.15) is 5.26 Å². The number of amides is 1. The molecule has 0 heterocycles. The van der Waals surface area contributed by atoms with Gasteiger partial charge < -0.3 is 9.64 Å². The highest BCUT2D eigenvalue weighted by Crippen LogP contribution is 2.14. The molecule has 0 aliphatic rings. The quantitative estimate of drug-likeness (QED) is 0.692. The van der Waals surface area contributed by atoms with E-state index in [1.54, 1.807) is 17.0 Å². The van der Waals surface area contributed by atoms with Gasteiger partial charge in [0.1, 0.15) is 17.5 Å². The summed E-state index contributed by atoms with van der Waals surface area (Å²) in [6, 6.07) is 7.83. The Hall–Kier alpha value is -2.09. The molecule has 0 fully saturated rings. The molecule has 0 aromatic heterocycles. The summed E-state index contributed by atoms with van der Waals surface area (Å²) >= 11 is 0. The highest BCUT2D eigenvalue weighted by Gasteiger charge is 2.21. The van der Waals surface area contributed by atoms with Gasteiger partial charge in [-0.15, -0.1) is 0 Å². The van der Waals surface area contributed by atoms with Gasteiger partial charge in [0.2, 0.25) is 5.91 Å². The molecule has 0 aliphatic carbocycles. The first-order valence-electron chi connectivity index (χ1n) is 7.19. The Morgan fingerprint density at radius 2 is 1.95 bits per heavy atom. The van der Waals surface area contributed by atoms with Crippen molar-refractivity contribution in [3.8, 4) is 11.8 Å². The van der Waals surface area contributed by atoms with E-state index in [0.29, 0.717) is 38.3 Å². The van der Waals surface area contributed by atoms with E-state index in [1.165, 1.54) is 12.1 Å². The highest BCUT2D eigenvalue weighted by atomic mass is 19.1. The van der Waals surface area contributed by atoms with Crippen molar-refractivity contribution in [3.63, 3.8) is 0 Å². The third kappa shape index (κ3) is 5.42. The van der Waals surface area contributed by atoms with Gasteiger partial charge in [-0.1, -0.05) is 0 Å². The topological polar surface area (TPSA) is 53.3 Å². The molecular weight excluding hydrogens is 271 g/mol. The van der Waals surface area contributed by atoms with Crippen molar-refractivity contribution in [2.75, 3.05) is 19.7 Å². The zero-order valence-corrected chi connectivity index (χ0v) is 12.5. The van der Waals surface area contributed by atoms with Crippen LogP contribution in [0, 0.1) is 23.1 Å². The average molecular weight is 292 g/mol. The minimum Gasteiger partial charge on any atom is -0.494 e. The van der Waals surface area contributed by atoms with Crippen LogP contribution >= 0.6 is 0 Å². The molecule has 114 valence electrons. The number of rotatable bonds is 8. The third-order valence-corrected chi connectivity index (χ3v) is 3.25.